The van der Waals surface area contributed by atoms with Gasteiger partial charge in [-0.1, -0.05) is 142 Å². The first-order chi connectivity index (χ1) is 24.0. The average molecular weight is 735 g/mol. The number of esters is 2. The first kappa shape index (κ1) is 48.5. The van der Waals surface area contributed by atoms with E-state index < -0.39 is 26.5 Å². The predicted molar refractivity (Wildman–Crippen MR) is 203 cm³/mol. The van der Waals surface area contributed by atoms with E-state index in [1.807, 2.05) is 21.1 Å². The Balaban J connectivity index is 4.37. The van der Waals surface area contributed by atoms with Crippen LogP contribution in [0.2, 0.25) is 0 Å². The van der Waals surface area contributed by atoms with E-state index in [-0.39, 0.29) is 32.0 Å². The summed E-state index contributed by atoms with van der Waals surface area (Å²) in [5.41, 5.74) is 0. The van der Waals surface area contributed by atoms with Gasteiger partial charge in [0.15, 0.2) is 6.10 Å². The first-order valence-corrected chi connectivity index (χ1v) is 21.5. The third kappa shape index (κ3) is 36.3. The fraction of sp³-hybridized carbons (Fsp3) is 0.897. The second-order valence-corrected chi connectivity index (χ2v) is 16.2. The van der Waals surface area contributed by atoms with E-state index in [0.717, 1.165) is 51.6 Å². The quantitative estimate of drug-likeness (QED) is 0.0217. The van der Waals surface area contributed by atoms with Gasteiger partial charge in [0.05, 0.1) is 40.6 Å². The normalized spacial score (nSPS) is 13.5. The van der Waals surface area contributed by atoms with Crippen LogP contribution in [0.5, 0.6) is 0 Å². The van der Waals surface area contributed by atoms with Crippen LogP contribution in [0.25, 0.3) is 0 Å². The number of unbranched alkanes of at least 4 members (excludes halogenated alkanes) is 21. The van der Waals surface area contributed by atoms with Crippen molar-refractivity contribution in [3.05, 3.63) is 12.8 Å². The summed E-state index contributed by atoms with van der Waals surface area (Å²) in [5, 5.41) is 0. The molecular weight excluding hydrogens is 657 g/mol. The van der Waals surface area contributed by atoms with Gasteiger partial charge in [0.1, 0.15) is 19.8 Å². The molecule has 0 heterocycles. The number of nitrogens with zero attached hydrogens (tertiary/aromatic N) is 1. The molecule has 0 aromatic carbocycles. The van der Waals surface area contributed by atoms with E-state index in [1.54, 1.807) is 0 Å². The van der Waals surface area contributed by atoms with E-state index in [9.17, 15) is 19.0 Å². The van der Waals surface area contributed by atoms with Crippen LogP contribution in [0.4, 0.5) is 0 Å². The van der Waals surface area contributed by atoms with Crippen LogP contribution in [0, 0.1) is 0 Å². The fourth-order valence-corrected chi connectivity index (χ4v) is 6.24. The summed E-state index contributed by atoms with van der Waals surface area (Å²) in [6, 6.07) is 0. The van der Waals surface area contributed by atoms with Gasteiger partial charge in [0.25, 0.3) is 0 Å². The van der Waals surface area contributed by atoms with Gasteiger partial charge in [0.2, 0.25) is 0 Å². The van der Waals surface area contributed by atoms with Crippen molar-refractivity contribution in [2.45, 2.75) is 174 Å². The Bertz CT molecular complexity index is 865. The van der Waals surface area contributed by atoms with Crippen LogP contribution in [0.3, 0.4) is 0 Å². The number of hydrogen-bond acceptors (Lipinski definition) is 8. The van der Waals surface area contributed by atoms with E-state index >= 15 is 0 Å². The van der Waals surface area contributed by atoms with E-state index in [0.29, 0.717) is 17.4 Å². The smallest absolute Gasteiger partial charge is 0.472 e. The van der Waals surface area contributed by atoms with Gasteiger partial charge >= 0.3 is 19.8 Å². The van der Waals surface area contributed by atoms with Crippen molar-refractivity contribution in [1.82, 2.24) is 0 Å². The molecule has 10 nitrogen and oxygen atoms in total. The third-order valence-electron chi connectivity index (χ3n) is 8.66. The Morgan fingerprint density at radius 1 is 0.640 bits per heavy atom. The van der Waals surface area contributed by atoms with Crippen LogP contribution in [0.1, 0.15) is 167 Å². The lowest BCUT2D eigenvalue weighted by molar-refractivity contribution is -0.870. The van der Waals surface area contributed by atoms with Gasteiger partial charge in [-0.05, 0) is 19.3 Å². The molecule has 50 heavy (non-hydrogen) atoms. The molecule has 0 fully saturated rings. The molecule has 0 spiro atoms. The molecule has 11 heteroatoms. The molecule has 0 amide bonds. The highest BCUT2D eigenvalue weighted by Crippen LogP contribution is 2.43. The number of phosphoric acid groups is 1. The highest BCUT2D eigenvalue weighted by atomic mass is 31.2. The van der Waals surface area contributed by atoms with Gasteiger partial charge in [-0.2, -0.15) is 0 Å². The van der Waals surface area contributed by atoms with Gasteiger partial charge in [-0.3, -0.25) is 18.6 Å². The largest absolute Gasteiger partial charge is 0.502 e. The molecule has 0 radical (unpaired) electrons. The summed E-state index contributed by atoms with van der Waals surface area (Å²) in [6.07, 6.45) is 27.9. The van der Waals surface area contributed by atoms with E-state index in [2.05, 4.69) is 13.5 Å². The number of quaternary nitrogens is 1. The second kappa shape index (κ2) is 33.4. The summed E-state index contributed by atoms with van der Waals surface area (Å²) in [5.74, 6) is -0.812. The van der Waals surface area contributed by atoms with Gasteiger partial charge in [-0.15, -0.1) is 0 Å². The van der Waals surface area contributed by atoms with Crippen molar-refractivity contribution in [3.8, 4) is 0 Å². The molecular formula is C39H77NO9P+. The number of phosphoric ester groups is 1. The molecule has 2 unspecified atom stereocenters. The fourth-order valence-electron chi connectivity index (χ4n) is 5.50. The summed E-state index contributed by atoms with van der Waals surface area (Å²) in [7, 11) is 1.46. The first-order valence-electron chi connectivity index (χ1n) is 20.0. The topological polar surface area (TPSA) is 118 Å². The molecule has 0 aliphatic rings. The van der Waals surface area contributed by atoms with Crippen molar-refractivity contribution in [2.75, 3.05) is 54.1 Å². The Labute approximate surface area is 306 Å². The summed E-state index contributed by atoms with van der Waals surface area (Å²) in [4.78, 5) is 35.2. The number of ether oxygens (including phenoxy) is 3. The summed E-state index contributed by atoms with van der Waals surface area (Å²) in [6.45, 7) is 6.45. The molecule has 0 saturated heterocycles. The van der Waals surface area contributed by atoms with Gasteiger partial charge in [-0.25, -0.2) is 4.57 Å². The minimum atomic E-state index is -4.37. The molecule has 0 saturated carbocycles. The number of rotatable bonds is 38. The molecule has 1 N–H and O–H groups in total. The second-order valence-electron chi connectivity index (χ2n) is 14.7. The summed E-state index contributed by atoms with van der Waals surface area (Å²) < 4.78 is 39.3. The van der Waals surface area contributed by atoms with Crippen molar-refractivity contribution in [2.24, 2.45) is 0 Å². The molecule has 0 rings (SSSR count). The lowest BCUT2D eigenvalue weighted by atomic mass is 10.0. The van der Waals surface area contributed by atoms with Gasteiger partial charge in [0, 0.05) is 12.8 Å². The molecule has 0 aromatic heterocycles. The molecule has 0 aromatic rings. The molecule has 0 aliphatic carbocycles. The monoisotopic (exact) mass is 735 g/mol. The zero-order valence-corrected chi connectivity index (χ0v) is 33.6. The minimum Gasteiger partial charge on any atom is -0.502 e. The maximum Gasteiger partial charge on any atom is 0.472 e. The zero-order chi connectivity index (χ0) is 37.2. The molecule has 296 valence electrons. The maximum atomic E-state index is 12.6. The van der Waals surface area contributed by atoms with Crippen LogP contribution in [-0.4, -0.2) is 81.5 Å². The van der Waals surface area contributed by atoms with Crippen LogP contribution < -0.4 is 0 Å². The van der Waals surface area contributed by atoms with E-state index in [1.165, 1.54) is 103 Å². The molecule has 0 aliphatic heterocycles. The Kier molecular flexibility index (Phi) is 32.4. The van der Waals surface area contributed by atoms with Crippen LogP contribution in [-0.2, 0) is 37.4 Å². The van der Waals surface area contributed by atoms with Gasteiger partial charge < -0.3 is 23.6 Å². The molecule has 0 bridgehead atoms. The minimum absolute atomic E-state index is 0.0291. The lowest BCUT2D eigenvalue weighted by Gasteiger charge is -2.24. The number of carbonyl (C=O) groups is 2. The Morgan fingerprint density at radius 2 is 1.08 bits per heavy atom. The SMILES string of the molecule is C=COCCCCCCCCCCCCC(=O)OC(COC(=O)CCCCCCCCCCCCCCC)COP(=O)(O)OCC[N+](C)(C)C. The number of carbonyl (C=O) groups excluding carboxylic acids is 2. The molecule has 2 atom stereocenters. The highest BCUT2D eigenvalue weighted by molar-refractivity contribution is 7.47. The Hall–Kier alpha value is -1.45. The third-order valence-corrected chi connectivity index (χ3v) is 9.65. The number of likely N-dealkylation sites (N-methyl/N-ethyl adjacent to an activating group) is 1. The highest BCUT2D eigenvalue weighted by Gasteiger charge is 2.27. The standard InChI is InChI=1S/C39H76NO9P/c1-6-8-9-10-11-12-13-14-15-18-21-24-27-30-38(41)46-35-37(36-48-50(43,44)47-34-32-40(3,4)5)49-39(42)31-28-25-22-19-16-17-20-23-26-29-33-45-7-2/h7,37H,2,6,8-36H2,1,3-5H3/p+1. The lowest BCUT2D eigenvalue weighted by Crippen LogP contribution is -2.37. The van der Waals surface area contributed by atoms with E-state index in [4.69, 9.17) is 23.3 Å². The van der Waals surface area contributed by atoms with Crippen molar-refractivity contribution in [3.63, 3.8) is 0 Å². The maximum absolute atomic E-state index is 12.6. The summed E-state index contributed by atoms with van der Waals surface area (Å²) >= 11 is 0. The van der Waals surface area contributed by atoms with Crippen molar-refractivity contribution in [1.29, 1.82) is 0 Å². The average Bonchev–Trinajstić information content (AvgIpc) is 3.06. The van der Waals surface area contributed by atoms with Crippen LogP contribution >= 0.6 is 7.82 Å². The number of hydrogen-bond donors (Lipinski definition) is 1. The van der Waals surface area contributed by atoms with Crippen LogP contribution in [0.15, 0.2) is 12.8 Å². The Morgan fingerprint density at radius 3 is 1.54 bits per heavy atom. The van der Waals surface area contributed by atoms with Crippen molar-refractivity contribution >= 4 is 19.8 Å². The predicted octanol–water partition coefficient (Wildman–Crippen LogP) is 10.2. The van der Waals surface area contributed by atoms with Crippen molar-refractivity contribution < 1.29 is 46.8 Å². The zero-order valence-electron chi connectivity index (χ0n) is 32.7.